The van der Waals surface area contributed by atoms with Crippen LogP contribution in [0.4, 0.5) is 0 Å². The van der Waals surface area contributed by atoms with Crippen LogP contribution in [0.25, 0.3) is 0 Å². The van der Waals surface area contributed by atoms with Gasteiger partial charge in [-0.05, 0) is 70.1 Å². The van der Waals surface area contributed by atoms with Gasteiger partial charge in [-0.3, -0.25) is 4.79 Å². The smallest absolute Gasteiger partial charge is 0.344 e. The summed E-state index contributed by atoms with van der Waals surface area (Å²) in [5.41, 5.74) is 2.69. The van der Waals surface area contributed by atoms with Crippen LogP contribution in [0.15, 0.2) is 29.8 Å². The van der Waals surface area contributed by atoms with Crippen molar-refractivity contribution in [2.45, 2.75) is 58.5 Å². The third-order valence-electron chi connectivity index (χ3n) is 4.17. The van der Waals surface area contributed by atoms with Gasteiger partial charge in [0, 0.05) is 0 Å². The first kappa shape index (κ1) is 17.3. The van der Waals surface area contributed by atoms with Gasteiger partial charge in [0.15, 0.2) is 11.9 Å². The Labute approximate surface area is 137 Å². The highest BCUT2D eigenvalue weighted by Crippen LogP contribution is 2.26. The minimum Gasteiger partial charge on any atom is -0.479 e. The van der Waals surface area contributed by atoms with Crippen molar-refractivity contribution >= 4 is 11.8 Å². The number of rotatable bonds is 7. The monoisotopic (exact) mass is 316 g/mol. The number of benzene rings is 1. The number of carboxylic acids is 1. The number of ether oxygens (including phenoxy) is 1. The van der Waals surface area contributed by atoms with Crippen molar-refractivity contribution in [1.82, 2.24) is 0 Å². The average Bonchev–Trinajstić information content (AvgIpc) is 2.51. The molecular weight excluding hydrogens is 292 g/mol. The van der Waals surface area contributed by atoms with Crippen molar-refractivity contribution < 1.29 is 19.4 Å². The quantitative estimate of drug-likeness (QED) is 0.601. The number of allylic oxidation sites excluding steroid dienone is 2. The molecule has 4 nitrogen and oxygen atoms in total. The summed E-state index contributed by atoms with van der Waals surface area (Å²) < 4.78 is 5.69. The minimum absolute atomic E-state index is 0.126. The normalized spacial score (nSPS) is 15.7. The lowest BCUT2D eigenvalue weighted by molar-refractivity contribution is -0.145. The molecule has 1 aliphatic rings. The van der Waals surface area contributed by atoms with Gasteiger partial charge in [0.05, 0.1) is 5.56 Å². The summed E-state index contributed by atoms with van der Waals surface area (Å²) in [5.74, 6) is -0.751. The summed E-state index contributed by atoms with van der Waals surface area (Å²) in [6, 6.07) is 5.24. The molecule has 0 spiro atoms. The number of ketones is 1. The first-order valence-electron chi connectivity index (χ1n) is 8.16. The Morgan fingerprint density at radius 3 is 2.70 bits per heavy atom. The number of carbonyl (C=O) groups excluding carboxylic acids is 1. The van der Waals surface area contributed by atoms with Gasteiger partial charge < -0.3 is 9.84 Å². The predicted octanol–water partition coefficient (Wildman–Crippen LogP) is 4.31. The van der Waals surface area contributed by atoms with Crippen LogP contribution >= 0.6 is 0 Å². The molecule has 2 rings (SSSR count). The molecule has 1 aliphatic carbocycles. The van der Waals surface area contributed by atoms with Gasteiger partial charge in [-0.2, -0.15) is 0 Å². The van der Waals surface area contributed by atoms with Crippen LogP contribution < -0.4 is 4.74 Å². The highest BCUT2D eigenvalue weighted by molar-refractivity contribution is 5.97. The van der Waals surface area contributed by atoms with E-state index in [9.17, 15) is 14.7 Å². The third kappa shape index (κ3) is 4.95. The van der Waals surface area contributed by atoms with Crippen molar-refractivity contribution in [3.8, 4) is 5.75 Å². The number of hydrogen-bond donors (Lipinski definition) is 1. The third-order valence-corrected chi connectivity index (χ3v) is 4.17. The molecule has 4 heteroatoms. The number of Topliss-reactive ketones (excluding diaryl/α,β-unsaturated/α-hetero) is 1. The van der Waals surface area contributed by atoms with Crippen LogP contribution in [-0.2, 0) is 4.79 Å². The van der Waals surface area contributed by atoms with Crippen LogP contribution in [0.3, 0.4) is 0 Å². The summed E-state index contributed by atoms with van der Waals surface area (Å²) in [5, 5.41) is 9.43. The lowest BCUT2D eigenvalue weighted by Crippen LogP contribution is -2.27. The van der Waals surface area contributed by atoms with Crippen LogP contribution in [-0.4, -0.2) is 23.0 Å². The highest BCUT2D eigenvalue weighted by atomic mass is 16.5. The van der Waals surface area contributed by atoms with Gasteiger partial charge in [0.2, 0.25) is 0 Å². The molecule has 1 N–H and O–H groups in total. The Hall–Kier alpha value is -2.10. The second kappa shape index (κ2) is 7.95. The fourth-order valence-electron chi connectivity index (χ4n) is 2.85. The lowest BCUT2D eigenvalue weighted by Gasteiger charge is -2.19. The van der Waals surface area contributed by atoms with Crippen molar-refractivity contribution in [2.24, 2.45) is 0 Å². The van der Waals surface area contributed by atoms with E-state index < -0.39 is 12.1 Å². The van der Waals surface area contributed by atoms with Crippen LogP contribution in [0.5, 0.6) is 5.75 Å². The second-order valence-electron chi connectivity index (χ2n) is 6.15. The molecule has 0 amide bonds. The maximum Gasteiger partial charge on any atom is 0.344 e. The Balaban J connectivity index is 2.10. The van der Waals surface area contributed by atoms with Gasteiger partial charge >= 0.3 is 5.97 Å². The van der Waals surface area contributed by atoms with E-state index in [1.54, 1.807) is 12.1 Å². The maximum absolute atomic E-state index is 11.7. The molecule has 0 bridgehead atoms. The number of carbonyl (C=O) groups is 2. The Morgan fingerprint density at radius 2 is 2.09 bits per heavy atom. The molecule has 1 aromatic rings. The highest BCUT2D eigenvalue weighted by Gasteiger charge is 2.22. The molecular formula is C19H24O4. The molecule has 0 aromatic heterocycles. The first-order valence-corrected chi connectivity index (χ1v) is 8.16. The van der Waals surface area contributed by atoms with Crippen LogP contribution in [0.2, 0.25) is 0 Å². The van der Waals surface area contributed by atoms with E-state index in [0.717, 1.165) is 24.8 Å². The van der Waals surface area contributed by atoms with E-state index in [0.29, 0.717) is 17.7 Å². The molecule has 0 heterocycles. The fourth-order valence-corrected chi connectivity index (χ4v) is 2.85. The van der Waals surface area contributed by atoms with Gasteiger partial charge in [-0.1, -0.05) is 17.7 Å². The van der Waals surface area contributed by atoms with E-state index in [4.69, 9.17) is 4.74 Å². The second-order valence-corrected chi connectivity index (χ2v) is 6.15. The molecule has 1 unspecified atom stereocenters. The number of aryl methyl sites for hydroxylation is 1. The molecule has 0 radical (unpaired) electrons. The maximum atomic E-state index is 11.7. The summed E-state index contributed by atoms with van der Waals surface area (Å²) in [7, 11) is 0. The zero-order valence-corrected chi connectivity index (χ0v) is 13.8. The fraction of sp³-hybridized carbons (Fsp3) is 0.474. The zero-order valence-electron chi connectivity index (χ0n) is 13.8. The van der Waals surface area contributed by atoms with E-state index in [-0.39, 0.29) is 5.78 Å². The first-order chi connectivity index (χ1) is 11.0. The van der Waals surface area contributed by atoms with E-state index in [1.165, 1.54) is 25.3 Å². The van der Waals surface area contributed by atoms with Gasteiger partial charge in [0.25, 0.3) is 0 Å². The van der Waals surface area contributed by atoms with Gasteiger partial charge in [0.1, 0.15) is 5.75 Å². The molecule has 0 fully saturated rings. The number of aliphatic carboxylic acids is 1. The van der Waals surface area contributed by atoms with E-state index >= 15 is 0 Å². The molecule has 0 saturated heterocycles. The van der Waals surface area contributed by atoms with E-state index in [2.05, 4.69) is 6.08 Å². The Kier molecular flexibility index (Phi) is 5.97. The molecule has 1 atom stereocenters. The van der Waals surface area contributed by atoms with Crippen molar-refractivity contribution in [3.05, 3.63) is 41.0 Å². The summed E-state index contributed by atoms with van der Waals surface area (Å²) >= 11 is 0. The van der Waals surface area contributed by atoms with Crippen molar-refractivity contribution in [3.63, 3.8) is 0 Å². The van der Waals surface area contributed by atoms with Crippen molar-refractivity contribution in [1.29, 1.82) is 0 Å². The van der Waals surface area contributed by atoms with Gasteiger partial charge in [-0.15, -0.1) is 0 Å². The molecule has 23 heavy (non-hydrogen) atoms. The number of carboxylic acid groups (broad SMARTS) is 1. The summed E-state index contributed by atoms with van der Waals surface area (Å²) in [6.07, 6.45) is 6.97. The zero-order chi connectivity index (χ0) is 16.8. The largest absolute Gasteiger partial charge is 0.479 e. The summed E-state index contributed by atoms with van der Waals surface area (Å²) in [6.45, 7) is 3.35. The minimum atomic E-state index is -0.989. The van der Waals surface area contributed by atoms with Crippen molar-refractivity contribution in [2.75, 3.05) is 0 Å². The van der Waals surface area contributed by atoms with Crippen LogP contribution in [0.1, 0.15) is 61.4 Å². The SMILES string of the molecule is CC(=O)c1ccc(C)cc1OC(CCC1=CCCCC1)C(=O)O. The molecule has 1 aromatic carbocycles. The molecule has 0 aliphatic heterocycles. The van der Waals surface area contributed by atoms with E-state index in [1.807, 2.05) is 13.0 Å². The molecule has 0 saturated carbocycles. The average molecular weight is 316 g/mol. The molecule has 124 valence electrons. The van der Waals surface area contributed by atoms with Crippen LogP contribution in [0, 0.1) is 6.92 Å². The predicted molar refractivity (Wildman–Crippen MR) is 89.0 cm³/mol. The number of hydrogen-bond acceptors (Lipinski definition) is 3. The van der Waals surface area contributed by atoms with Gasteiger partial charge in [-0.25, -0.2) is 4.79 Å². The Bertz CT molecular complexity index is 616. The Morgan fingerprint density at radius 1 is 1.30 bits per heavy atom. The lowest BCUT2D eigenvalue weighted by atomic mass is 9.95. The summed E-state index contributed by atoms with van der Waals surface area (Å²) in [4.78, 5) is 23.2. The topological polar surface area (TPSA) is 63.6 Å². The standard InChI is InChI=1S/C19H24O4/c1-13-8-10-16(14(2)20)18(12-13)23-17(19(21)22)11-9-15-6-4-3-5-7-15/h6,8,10,12,17H,3-5,7,9,11H2,1-2H3,(H,21,22).